The summed E-state index contributed by atoms with van der Waals surface area (Å²) in [5.74, 6) is -0.546. The van der Waals surface area contributed by atoms with Gasteiger partial charge < -0.3 is 10.5 Å². The van der Waals surface area contributed by atoms with Gasteiger partial charge >= 0.3 is 5.69 Å². The molecule has 0 spiro atoms. The van der Waals surface area contributed by atoms with Crippen LogP contribution in [0.2, 0.25) is 0 Å². The first kappa shape index (κ1) is 20.2. The highest BCUT2D eigenvalue weighted by molar-refractivity contribution is 7.16. The first-order chi connectivity index (χ1) is 15.4. The molecular formula is C23H19FN4O3S. The van der Waals surface area contributed by atoms with Gasteiger partial charge in [0.25, 0.3) is 5.91 Å². The Kier molecular flexibility index (Phi) is 4.90. The minimum absolute atomic E-state index is 0.0170. The van der Waals surface area contributed by atoms with E-state index in [9.17, 15) is 14.0 Å². The zero-order valence-electron chi connectivity index (χ0n) is 17.1. The van der Waals surface area contributed by atoms with E-state index in [0.29, 0.717) is 33.4 Å². The molecule has 0 bridgehead atoms. The molecule has 3 heterocycles. The summed E-state index contributed by atoms with van der Waals surface area (Å²) < 4.78 is 23.4. The Hall–Kier alpha value is -3.72. The summed E-state index contributed by atoms with van der Waals surface area (Å²) in [5, 5.41) is 4.82. The summed E-state index contributed by atoms with van der Waals surface area (Å²) in [6.07, 6.45) is 1.47. The van der Waals surface area contributed by atoms with Gasteiger partial charge in [0.15, 0.2) is 16.6 Å². The van der Waals surface area contributed by atoms with Crippen molar-refractivity contribution in [2.75, 3.05) is 0 Å². The van der Waals surface area contributed by atoms with Gasteiger partial charge in [-0.05, 0) is 37.1 Å². The Morgan fingerprint density at radius 1 is 1.22 bits per heavy atom. The molecule has 162 valence electrons. The number of primary amides is 1. The summed E-state index contributed by atoms with van der Waals surface area (Å²) in [6.45, 7) is 1.75. The smallest absolute Gasteiger partial charge is 0.351 e. The number of nitrogens with zero attached hydrogens (tertiary/aromatic N) is 3. The highest BCUT2D eigenvalue weighted by Gasteiger charge is 2.29. The van der Waals surface area contributed by atoms with Crippen LogP contribution in [0.1, 0.15) is 39.1 Å². The number of benzene rings is 2. The van der Waals surface area contributed by atoms with E-state index in [1.165, 1.54) is 16.8 Å². The Labute approximate surface area is 186 Å². The van der Waals surface area contributed by atoms with Gasteiger partial charge in [-0.2, -0.15) is 4.68 Å². The molecule has 1 aliphatic rings. The van der Waals surface area contributed by atoms with E-state index in [1.807, 2.05) is 30.3 Å². The third kappa shape index (κ3) is 3.40. The lowest BCUT2D eigenvalue weighted by Gasteiger charge is -2.12. The minimum atomic E-state index is -0.643. The predicted molar refractivity (Wildman–Crippen MR) is 118 cm³/mol. The third-order valence-corrected chi connectivity index (χ3v) is 6.63. The number of carbonyl (C=O) groups excluding carboxylic acids is 1. The molecule has 1 aliphatic heterocycles. The average molecular weight is 450 g/mol. The molecule has 2 aromatic heterocycles. The van der Waals surface area contributed by atoms with Crippen molar-refractivity contribution in [2.24, 2.45) is 5.73 Å². The number of fused-ring (bicyclic) bond motifs is 1. The van der Waals surface area contributed by atoms with Gasteiger partial charge in [-0.1, -0.05) is 41.7 Å². The molecule has 2 N–H and O–H groups in total. The van der Waals surface area contributed by atoms with Gasteiger partial charge in [-0.3, -0.25) is 9.36 Å². The predicted octanol–water partition coefficient (Wildman–Crippen LogP) is 3.97. The van der Waals surface area contributed by atoms with Crippen molar-refractivity contribution in [1.29, 1.82) is 0 Å². The van der Waals surface area contributed by atoms with Gasteiger partial charge in [-0.15, -0.1) is 5.10 Å². The van der Waals surface area contributed by atoms with Crippen molar-refractivity contribution in [3.63, 3.8) is 0 Å². The topological polar surface area (TPSA) is 92.1 Å². The number of aromatic nitrogens is 3. The van der Waals surface area contributed by atoms with Gasteiger partial charge in [0.05, 0.1) is 16.6 Å². The maximum atomic E-state index is 14.8. The molecule has 9 heteroatoms. The summed E-state index contributed by atoms with van der Waals surface area (Å²) in [6, 6.07) is 15.6. The van der Waals surface area contributed by atoms with Crippen molar-refractivity contribution < 1.29 is 13.9 Å². The second kappa shape index (κ2) is 7.76. The lowest BCUT2D eigenvalue weighted by atomic mass is 10.1. The molecule has 0 saturated heterocycles. The van der Waals surface area contributed by atoms with Crippen molar-refractivity contribution in [3.05, 3.63) is 92.7 Å². The Bertz CT molecular complexity index is 1390. The van der Waals surface area contributed by atoms with Gasteiger partial charge in [0.2, 0.25) is 0 Å². The maximum absolute atomic E-state index is 14.8. The molecule has 1 amide bonds. The molecule has 2 aromatic carbocycles. The van der Waals surface area contributed by atoms with Gasteiger partial charge in [0, 0.05) is 18.1 Å². The van der Waals surface area contributed by atoms with Crippen molar-refractivity contribution in [3.8, 4) is 16.5 Å². The molecule has 32 heavy (non-hydrogen) atoms. The van der Waals surface area contributed by atoms with Crippen molar-refractivity contribution >= 4 is 17.2 Å². The van der Waals surface area contributed by atoms with Crippen LogP contribution in [0.4, 0.5) is 4.39 Å². The summed E-state index contributed by atoms with van der Waals surface area (Å²) >= 11 is 1.05. The normalized spacial score (nSPS) is 15.0. The van der Waals surface area contributed by atoms with Crippen LogP contribution in [-0.2, 0) is 6.42 Å². The molecule has 0 aliphatic carbocycles. The van der Waals surface area contributed by atoms with Crippen LogP contribution < -0.4 is 16.2 Å². The number of ether oxygens (including phenoxy) is 1. The van der Waals surface area contributed by atoms with Crippen LogP contribution in [-0.4, -0.2) is 20.3 Å². The summed E-state index contributed by atoms with van der Waals surface area (Å²) in [7, 11) is 0. The number of aryl methyl sites for hydroxylation is 2. The van der Waals surface area contributed by atoms with E-state index in [2.05, 4.69) is 5.10 Å². The molecule has 5 rings (SSSR count). The highest BCUT2D eigenvalue weighted by Crippen LogP contribution is 2.35. The number of nitrogens with two attached hydrogens (primary N) is 1. The van der Waals surface area contributed by atoms with E-state index >= 15 is 0 Å². The monoisotopic (exact) mass is 450 g/mol. The van der Waals surface area contributed by atoms with Crippen molar-refractivity contribution in [2.45, 2.75) is 25.8 Å². The Morgan fingerprint density at radius 2 is 2.00 bits per heavy atom. The maximum Gasteiger partial charge on any atom is 0.351 e. The van der Waals surface area contributed by atoms with Crippen LogP contribution in [0.3, 0.4) is 0 Å². The van der Waals surface area contributed by atoms with Gasteiger partial charge in [-0.25, -0.2) is 9.18 Å². The molecule has 1 atom stereocenters. The van der Waals surface area contributed by atoms with E-state index in [4.69, 9.17) is 10.5 Å². The number of halogens is 1. The molecule has 0 saturated carbocycles. The van der Waals surface area contributed by atoms with E-state index < -0.39 is 11.7 Å². The largest absolute Gasteiger partial charge is 0.443 e. The van der Waals surface area contributed by atoms with E-state index in [-0.39, 0.29) is 17.5 Å². The standard InChI is InChI=1S/C23H19FN4O3S/c1-13-11-19(21(25)29)32-22(13)31-18-9-7-15(12-16(18)24)28-23(30)27-17(8-10-20(27)26-28)14-5-3-2-4-6-14/h2-7,9,11-12,17H,8,10H2,1H3,(H2,25,29)/t17-/m0/s1. The number of thiophene rings is 1. The summed E-state index contributed by atoms with van der Waals surface area (Å²) in [4.78, 5) is 24.8. The fraction of sp³-hybridized carbons (Fsp3) is 0.174. The number of amides is 1. The fourth-order valence-corrected chi connectivity index (χ4v) is 4.84. The van der Waals surface area contributed by atoms with Crippen molar-refractivity contribution in [1.82, 2.24) is 14.3 Å². The van der Waals surface area contributed by atoms with E-state index in [0.717, 1.165) is 23.3 Å². The first-order valence-corrected chi connectivity index (χ1v) is 10.9. The van der Waals surface area contributed by atoms with Crippen LogP contribution in [0, 0.1) is 12.7 Å². The Balaban J connectivity index is 1.46. The Morgan fingerprint density at radius 3 is 2.69 bits per heavy atom. The fourth-order valence-electron chi connectivity index (χ4n) is 3.95. The molecule has 0 fully saturated rings. The summed E-state index contributed by atoms with van der Waals surface area (Å²) in [5.41, 5.74) is 7.03. The quantitative estimate of drug-likeness (QED) is 0.498. The number of carbonyl (C=O) groups is 1. The molecule has 0 radical (unpaired) electrons. The zero-order chi connectivity index (χ0) is 22.4. The zero-order valence-corrected chi connectivity index (χ0v) is 17.9. The number of hydrogen-bond acceptors (Lipinski definition) is 5. The van der Waals surface area contributed by atoms with Gasteiger partial charge in [0.1, 0.15) is 5.82 Å². The lowest BCUT2D eigenvalue weighted by Crippen LogP contribution is -2.26. The molecular weight excluding hydrogens is 431 g/mol. The molecule has 4 aromatic rings. The minimum Gasteiger partial charge on any atom is -0.443 e. The van der Waals surface area contributed by atoms with Crippen LogP contribution in [0.25, 0.3) is 5.69 Å². The second-order valence-corrected chi connectivity index (χ2v) is 8.62. The average Bonchev–Trinajstić information content (AvgIpc) is 3.45. The van der Waals surface area contributed by atoms with Crippen LogP contribution >= 0.6 is 11.3 Å². The third-order valence-electron chi connectivity index (χ3n) is 5.50. The number of rotatable bonds is 5. The number of hydrogen-bond donors (Lipinski definition) is 1. The lowest BCUT2D eigenvalue weighted by molar-refractivity contribution is 0.100. The first-order valence-electron chi connectivity index (χ1n) is 10.1. The van der Waals surface area contributed by atoms with Crippen LogP contribution in [0.5, 0.6) is 10.8 Å². The highest BCUT2D eigenvalue weighted by atomic mass is 32.1. The van der Waals surface area contributed by atoms with E-state index in [1.54, 1.807) is 23.6 Å². The molecule has 0 unspecified atom stereocenters. The molecule has 7 nitrogen and oxygen atoms in total. The second-order valence-electron chi connectivity index (χ2n) is 7.61. The SMILES string of the molecule is Cc1cc(C(N)=O)sc1Oc1ccc(-n2nc3n(c2=O)[C@H](c2ccccc2)CC3)cc1F. The van der Waals surface area contributed by atoms with Crippen LogP contribution in [0.15, 0.2) is 59.4 Å².